The Morgan fingerprint density at radius 1 is 1.04 bits per heavy atom. The number of H-pyrrole nitrogens is 1. The third kappa shape index (κ3) is 3.91. The molecule has 1 aliphatic heterocycles. The Balaban J connectivity index is 2.06. The summed E-state index contributed by atoms with van der Waals surface area (Å²) in [5, 5.41) is 0. The van der Waals surface area contributed by atoms with Gasteiger partial charge in [-0.15, -0.1) is 0 Å². The maximum absolute atomic E-state index is 12.4. The summed E-state index contributed by atoms with van der Waals surface area (Å²) >= 11 is 5.06. The van der Waals surface area contributed by atoms with Crippen molar-refractivity contribution in [3.8, 4) is 11.3 Å². The molecule has 0 atom stereocenters. The van der Waals surface area contributed by atoms with E-state index >= 15 is 0 Å². The fourth-order valence-corrected chi connectivity index (χ4v) is 2.88. The minimum atomic E-state index is -0.654. The molecule has 0 fully saturated rings. The lowest BCUT2D eigenvalue weighted by molar-refractivity contribution is -0.139. The normalized spacial score (nSPS) is 13.3. The van der Waals surface area contributed by atoms with Crippen LogP contribution in [0, 0.1) is 4.77 Å². The maximum atomic E-state index is 12.4. The van der Waals surface area contributed by atoms with Crippen LogP contribution >= 0.6 is 12.2 Å². The molecule has 0 radical (unpaired) electrons. The van der Waals surface area contributed by atoms with Gasteiger partial charge in [-0.05, 0) is 48.1 Å². The van der Waals surface area contributed by atoms with E-state index in [-0.39, 0.29) is 11.3 Å². The van der Waals surface area contributed by atoms with Gasteiger partial charge in [-0.2, -0.15) is 0 Å². The molecule has 0 saturated heterocycles. The quantitative estimate of drug-likeness (QED) is 0.628. The van der Waals surface area contributed by atoms with Crippen molar-refractivity contribution in [2.45, 2.75) is 0 Å². The largest absolute Gasteiger partial charge is 0.465 e. The highest BCUT2D eigenvalue weighted by Crippen LogP contribution is 2.28. The van der Waals surface area contributed by atoms with E-state index in [0.29, 0.717) is 10.5 Å². The van der Waals surface area contributed by atoms with Crippen molar-refractivity contribution < 1.29 is 19.1 Å². The number of anilines is 1. The van der Waals surface area contributed by atoms with E-state index < -0.39 is 11.9 Å². The van der Waals surface area contributed by atoms with Gasteiger partial charge >= 0.3 is 11.9 Å². The van der Waals surface area contributed by atoms with Crippen LogP contribution in [0.5, 0.6) is 0 Å². The molecule has 7 nitrogen and oxygen atoms in total. The van der Waals surface area contributed by atoms with E-state index in [1.54, 1.807) is 29.4 Å². The first-order valence-corrected chi connectivity index (χ1v) is 8.66. The number of rotatable bonds is 4. The van der Waals surface area contributed by atoms with Crippen LogP contribution in [0.3, 0.4) is 0 Å². The lowest BCUT2D eigenvalue weighted by Gasteiger charge is -2.23. The average Bonchev–Trinajstić information content (AvgIpc) is 2.95. The van der Waals surface area contributed by atoms with E-state index in [2.05, 4.69) is 9.97 Å². The number of nitrogens with zero attached hydrogens (tertiary/aromatic N) is 2. The van der Waals surface area contributed by atoms with E-state index in [1.165, 1.54) is 20.3 Å². The summed E-state index contributed by atoms with van der Waals surface area (Å²) in [5.41, 5.74) is 2.54. The van der Waals surface area contributed by atoms with Crippen LogP contribution in [0.4, 0.5) is 5.69 Å². The molecule has 1 N–H and O–H groups in total. The van der Waals surface area contributed by atoms with Crippen LogP contribution in [0.15, 0.2) is 72.2 Å². The Hall–Kier alpha value is -3.52. The Kier molecular flexibility index (Phi) is 5.81. The van der Waals surface area contributed by atoms with Crippen molar-refractivity contribution in [1.82, 2.24) is 9.97 Å². The number of benzene rings is 1. The molecule has 0 amide bonds. The number of allylic oxidation sites excluding steroid dienone is 2. The summed E-state index contributed by atoms with van der Waals surface area (Å²) < 4.78 is 10.1. The highest BCUT2D eigenvalue weighted by Gasteiger charge is 2.27. The number of hydrogen-bond acceptors (Lipinski definition) is 7. The summed E-state index contributed by atoms with van der Waals surface area (Å²) in [5.74, 6) is -1.29. The summed E-state index contributed by atoms with van der Waals surface area (Å²) in [4.78, 5) is 33.2. The Labute approximate surface area is 166 Å². The first-order valence-electron chi connectivity index (χ1n) is 8.26. The number of carbonyl (C=O) groups excluding carboxylic acids is 2. The third-order valence-electron chi connectivity index (χ3n) is 4.02. The van der Waals surface area contributed by atoms with Crippen LogP contribution in [-0.2, 0) is 19.1 Å². The zero-order chi connectivity index (χ0) is 20.1. The van der Waals surface area contributed by atoms with E-state index in [1.807, 2.05) is 30.3 Å². The molecule has 2 heterocycles. The SMILES string of the molecule is COC(=O)C1=C(C(=O)OC)N(c2ccc(-c3ccnc(=S)[nH]3)cc2)C=CC=C1. The summed E-state index contributed by atoms with van der Waals surface area (Å²) in [6, 6.07) is 9.19. The van der Waals surface area contributed by atoms with E-state index in [4.69, 9.17) is 21.7 Å². The van der Waals surface area contributed by atoms with Crippen molar-refractivity contribution in [3.05, 3.63) is 77.0 Å². The molecule has 0 unspecified atom stereocenters. The van der Waals surface area contributed by atoms with Crippen molar-refractivity contribution in [2.75, 3.05) is 19.1 Å². The Morgan fingerprint density at radius 2 is 1.75 bits per heavy atom. The van der Waals surface area contributed by atoms with Crippen molar-refractivity contribution in [2.24, 2.45) is 0 Å². The second-order valence-electron chi connectivity index (χ2n) is 5.65. The fourth-order valence-electron chi connectivity index (χ4n) is 2.70. The number of methoxy groups -OCH3 is 2. The molecule has 0 bridgehead atoms. The zero-order valence-electron chi connectivity index (χ0n) is 15.2. The number of aromatic nitrogens is 2. The molecule has 2 aromatic rings. The van der Waals surface area contributed by atoms with E-state index in [0.717, 1.165) is 11.3 Å². The number of aromatic amines is 1. The van der Waals surface area contributed by atoms with E-state index in [9.17, 15) is 9.59 Å². The molecular weight excluding hydrogens is 378 g/mol. The van der Waals surface area contributed by atoms with Crippen LogP contribution in [0.2, 0.25) is 0 Å². The van der Waals surface area contributed by atoms with Gasteiger partial charge < -0.3 is 19.4 Å². The van der Waals surface area contributed by atoms with Gasteiger partial charge in [-0.1, -0.05) is 18.2 Å². The van der Waals surface area contributed by atoms with Gasteiger partial charge in [0.15, 0.2) is 4.77 Å². The topological polar surface area (TPSA) is 84.5 Å². The number of carbonyl (C=O) groups is 2. The van der Waals surface area contributed by atoms with Crippen molar-refractivity contribution in [3.63, 3.8) is 0 Å². The summed E-state index contributed by atoms with van der Waals surface area (Å²) in [7, 11) is 2.52. The van der Waals surface area contributed by atoms with Crippen molar-refractivity contribution >= 4 is 29.8 Å². The first kappa shape index (κ1) is 19.2. The van der Waals surface area contributed by atoms with Gasteiger partial charge in [0, 0.05) is 23.8 Å². The standard InChI is InChI=1S/C20H17N3O4S/c1-26-18(24)15-5-3-4-12-23(17(15)19(25)27-2)14-8-6-13(7-9-14)16-10-11-21-20(28)22-16/h3-12H,1-2H3,(H,21,22,28). The second-order valence-corrected chi connectivity index (χ2v) is 6.04. The van der Waals surface area contributed by atoms with Crippen LogP contribution in [0.25, 0.3) is 11.3 Å². The molecular formula is C20H17N3O4S. The monoisotopic (exact) mass is 395 g/mol. The van der Waals surface area contributed by atoms with Gasteiger partial charge in [-0.3, -0.25) is 0 Å². The lowest BCUT2D eigenvalue weighted by Crippen LogP contribution is -2.26. The molecule has 3 rings (SSSR count). The molecule has 0 saturated carbocycles. The number of nitrogens with one attached hydrogen (secondary N) is 1. The summed E-state index contributed by atoms with van der Waals surface area (Å²) in [6.45, 7) is 0. The summed E-state index contributed by atoms with van der Waals surface area (Å²) in [6.07, 6.45) is 8.19. The highest BCUT2D eigenvalue weighted by molar-refractivity contribution is 7.71. The smallest absolute Gasteiger partial charge is 0.355 e. The molecule has 1 aromatic carbocycles. The predicted molar refractivity (Wildman–Crippen MR) is 107 cm³/mol. The number of ether oxygens (including phenoxy) is 2. The van der Waals surface area contributed by atoms with Gasteiger partial charge in [-0.25, -0.2) is 14.6 Å². The van der Waals surface area contributed by atoms with Crippen LogP contribution in [0.1, 0.15) is 0 Å². The third-order valence-corrected chi connectivity index (χ3v) is 4.23. The van der Waals surface area contributed by atoms with Gasteiger partial charge in [0.2, 0.25) is 0 Å². The van der Waals surface area contributed by atoms with Crippen LogP contribution in [-0.4, -0.2) is 36.1 Å². The van der Waals surface area contributed by atoms with Gasteiger partial charge in [0.05, 0.1) is 19.8 Å². The van der Waals surface area contributed by atoms with Crippen LogP contribution < -0.4 is 4.90 Å². The minimum absolute atomic E-state index is 0.0652. The Morgan fingerprint density at radius 3 is 2.39 bits per heavy atom. The predicted octanol–water partition coefficient (Wildman–Crippen LogP) is 3.30. The molecule has 0 aliphatic carbocycles. The number of esters is 2. The minimum Gasteiger partial charge on any atom is -0.465 e. The Bertz CT molecular complexity index is 1050. The molecule has 8 heteroatoms. The lowest BCUT2D eigenvalue weighted by atomic mass is 10.1. The fraction of sp³-hybridized carbons (Fsp3) is 0.100. The average molecular weight is 395 g/mol. The first-order chi connectivity index (χ1) is 13.5. The van der Waals surface area contributed by atoms with Gasteiger partial charge in [0.1, 0.15) is 5.70 Å². The molecule has 1 aliphatic rings. The molecule has 28 heavy (non-hydrogen) atoms. The van der Waals surface area contributed by atoms with Crippen molar-refractivity contribution in [1.29, 1.82) is 0 Å². The van der Waals surface area contributed by atoms with Gasteiger partial charge in [0.25, 0.3) is 0 Å². The molecule has 142 valence electrons. The highest BCUT2D eigenvalue weighted by atomic mass is 32.1. The number of hydrogen-bond donors (Lipinski definition) is 1. The maximum Gasteiger partial charge on any atom is 0.355 e. The molecule has 1 aromatic heterocycles. The zero-order valence-corrected chi connectivity index (χ0v) is 16.0. The second kappa shape index (κ2) is 8.45. The molecule has 0 spiro atoms.